The molecule has 0 aromatic heterocycles. The molecule has 0 saturated carbocycles. The highest BCUT2D eigenvalue weighted by molar-refractivity contribution is 8.18. The van der Waals surface area contributed by atoms with E-state index in [9.17, 15) is 9.59 Å². The van der Waals surface area contributed by atoms with Gasteiger partial charge in [-0.2, -0.15) is 0 Å². The molecule has 2 aromatic carbocycles. The molecule has 132 valence electrons. The van der Waals surface area contributed by atoms with Crippen LogP contribution in [-0.2, 0) is 9.59 Å². The lowest BCUT2D eigenvalue weighted by atomic mass is 10.2. The van der Waals surface area contributed by atoms with Crippen molar-refractivity contribution in [3.05, 3.63) is 64.6 Å². The monoisotopic (exact) mass is 367 g/mol. The SMILES string of the molecule is Cc1ccccc1N=C1NC(=O)C(=Cc2ccccc2OCC(N)=O)S1. The Morgan fingerprint density at radius 2 is 1.96 bits per heavy atom. The van der Waals surface area contributed by atoms with E-state index in [2.05, 4.69) is 10.3 Å². The molecule has 2 aromatic rings. The Morgan fingerprint density at radius 3 is 2.73 bits per heavy atom. The number of primary amides is 1. The lowest BCUT2D eigenvalue weighted by Gasteiger charge is -2.07. The van der Waals surface area contributed by atoms with Gasteiger partial charge in [-0.15, -0.1) is 0 Å². The van der Waals surface area contributed by atoms with Gasteiger partial charge in [0.25, 0.3) is 11.8 Å². The molecule has 0 spiro atoms. The largest absolute Gasteiger partial charge is 0.483 e. The molecule has 1 aliphatic heterocycles. The number of carbonyl (C=O) groups excluding carboxylic acids is 2. The quantitative estimate of drug-likeness (QED) is 0.795. The normalized spacial score (nSPS) is 16.7. The van der Waals surface area contributed by atoms with Gasteiger partial charge in [0, 0.05) is 5.56 Å². The van der Waals surface area contributed by atoms with Gasteiger partial charge < -0.3 is 15.8 Å². The number of hydrogen-bond acceptors (Lipinski definition) is 5. The highest BCUT2D eigenvalue weighted by Crippen LogP contribution is 2.31. The van der Waals surface area contributed by atoms with E-state index in [0.717, 1.165) is 11.3 Å². The molecule has 1 heterocycles. The summed E-state index contributed by atoms with van der Waals surface area (Å²) in [5.74, 6) is -0.309. The maximum Gasteiger partial charge on any atom is 0.264 e. The molecule has 2 amide bonds. The molecule has 0 radical (unpaired) electrons. The second kappa shape index (κ2) is 7.88. The van der Waals surface area contributed by atoms with E-state index in [1.54, 1.807) is 24.3 Å². The first-order valence-electron chi connectivity index (χ1n) is 7.88. The van der Waals surface area contributed by atoms with E-state index in [1.165, 1.54) is 11.8 Å². The summed E-state index contributed by atoms with van der Waals surface area (Å²) in [4.78, 5) is 28.2. The third-order valence-electron chi connectivity index (χ3n) is 3.56. The molecule has 1 aliphatic rings. The molecule has 1 fully saturated rings. The summed E-state index contributed by atoms with van der Waals surface area (Å²) >= 11 is 1.25. The minimum atomic E-state index is -0.562. The number of nitrogens with one attached hydrogen (secondary N) is 1. The fraction of sp³-hybridized carbons (Fsp3) is 0.105. The fourth-order valence-corrected chi connectivity index (χ4v) is 3.13. The van der Waals surface area contributed by atoms with E-state index in [1.807, 2.05) is 37.3 Å². The van der Waals surface area contributed by atoms with Gasteiger partial charge in [0.15, 0.2) is 11.8 Å². The molecule has 0 atom stereocenters. The minimum Gasteiger partial charge on any atom is -0.483 e. The maximum atomic E-state index is 12.2. The van der Waals surface area contributed by atoms with Gasteiger partial charge in [-0.25, -0.2) is 4.99 Å². The lowest BCUT2D eigenvalue weighted by Crippen LogP contribution is -2.20. The molecule has 3 rings (SSSR count). The molecule has 0 aliphatic carbocycles. The molecule has 7 heteroatoms. The molecular formula is C19H17N3O3S. The van der Waals surface area contributed by atoms with Crippen LogP contribution in [0.1, 0.15) is 11.1 Å². The van der Waals surface area contributed by atoms with Crippen LogP contribution in [0.3, 0.4) is 0 Å². The standard InChI is InChI=1S/C19H17N3O3S/c1-12-6-2-4-8-14(12)21-19-22-18(24)16(26-19)10-13-7-3-5-9-15(13)25-11-17(20)23/h2-10H,11H2,1H3,(H2,20,23)(H,21,22,24). The summed E-state index contributed by atoms with van der Waals surface area (Å²) in [5.41, 5.74) is 7.63. The first-order valence-corrected chi connectivity index (χ1v) is 8.70. The number of nitrogens with two attached hydrogens (primary N) is 1. The van der Waals surface area contributed by atoms with Gasteiger partial charge in [0.1, 0.15) is 5.75 Å². The Kier molecular flexibility index (Phi) is 5.38. The number of rotatable bonds is 5. The van der Waals surface area contributed by atoms with Crippen molar-refractivity contribution in [3.63, 3.8) is 0 Å². The number of nitrogens with zero attached hydrogens (tertiary/aromatic N) is 1. The zero-order chi connectivity index (χ0) is 18.5. The Labute approximate surface area is 155 Å². The molecule has 3 N–H and O–H groups in total. The molecular weight excluding hydrogens is 350 g/mol. The highest BCUT2D eigenvalue weighted by Gasteiger charge is 2.24. The van der Waals surface area contributed by atoms with Gasteiger partial charge >= 0.3 is 0 Å². The van der Waals surface area contributed by atoms with Crippen LogP contribution in [0.2, 0.25) is 0 Å². The van der Waals surface area contributed by atoms with Crippen molar-refractivity contribution >= 4 is 40.5 Å². The number of benzene rings is 2. The second-order valence-electron chi connectivity index (χ2n) is 5.56. The number of amides is 2. The first kappa shape index (κ1) is 17.8. The van der Waals surface area contributed by atoms with Crippen molar-refractivity contribution in [2.75, 3.05) is 6.61 Å². The first-order chi connectivity index (χ1) is 12.5. The van der Waals surface area contributed by atoms with E-state index >= 15 is 0 Å². The summed E-state index contributed by atoms with van der Waals surface area (Å²) in [5, 5.41) is 3.28. The van der Waals surface area contributed by atoms with Crippen LogP contribution in [0.5, 0.6) is 5.75 Å². The smallest absolute Gasteiger partial charge is 0.264 e. The Balaban J connectivity index is 1.83. The number of para-hydroxylation sites is 2. The zero-order valence-corrected chi connectivity index (χ0v) is 14.9. The summed E-state index contributed by atoms with van der Waals surface area (Å²) in [6.07, 6.45) is 1.71. The van der Waals surface area contributed by atoms with Crippen LogP contribution in [0.4, 0.5) is 5.69 Å². The molecule has 26 heavy (non-hydrogen) atoms. The van der Waals surface area contributed by atoms with Crippen molar-refractivity contribution < 1.29 is 14.3 Å². The predicted molar refractivity (Wildman–Crippen MR) is 103 cm³/mol. The lowest BCUT2D eigenvalue weighted by molar-refractivity contribution is -0.120. The minimum absolute atomic E-state index is 0.223. The van der Waals surface area contributed by atoms with Gasteiger partial charge in [-0.3, -0.25) is 9.59 Å². The molecule has 1 saturated heterocycles. The number of aryl methyl sites for hydroxylation is 1. The zero-order valence-electron chi connectivity index (χ0n) is 14.1. The summed E-state index contributed by atoms with van der Waals surface area (Å²) in [7, 11) is 0. The highest BCUT2D eigenvalue weighted by atomic mass is 32.2. The third kappa shape index (κ3) is 4.31. The van der Waals surface area contributed by atoms with Crippen LogP contribution in [0.15, 0.2) is 58.4 Å². The summed E-state index contributed by atoms with van der Waals surface area (Å²) in [6, 6.07) is 14.8. The Hall–Kier alpha value is -3.06. The maximum absolute atomic E-state index is 12.2. The van der Waals surface area contributed by atoms with Crippen LogP contribution in [0.25, 0.3) is 6.08 Å². The van der Waals surface area contributed by atoms with Gasteiger partial charge in [-0.1, -0.05) is 36.4 Å². The average molecular weight is 367 g/mol. The summed E-state index contributed by atoms with van der Waals surface area (Å²) in [6.45, 7) is 1.74. The van der Waals surface area contributed by atoms with E-state index in [4.69, 9.17) is 10.5 Å². The van der Waals surface area contributed by atoms with E-state index < -0.39 is 5.91 Å². The Bertz CT molecular complexity index is 922. The number of hydrogen-bond donors (Lipinski definition) is 2. The molecule has 0 bridgehead atoms. The van der Waals surface area contributed by atoms with Crippen LogP contribution >= 0.6 is 11.8 Å². The number of carbonyl (C=O) groups is 2. The Morgan fingerprint density at radius 1 is 1.23 bits per heavy atom. The van der Waals surface area contributed by atoms with E-state index in [-0.39, 0.29) is 12.5 Å². The van der Waals surface area contributed by atoms with Gasteiger partial charge in [0.05, 0.1) is 10.6 Å². The number of amidine groups is 1. The van der Waals surface area contributed by atoms with Crippen molar-refractivity contribution in [2.45, 2.75) is 6.92 Å². The number of thioether (sulfide) groups is 1. The van der Waals surface area contributed by atoms with Crippen molar-refractivity contribution in [1.82, 2.24) is 5.32 Å². The molecule has 0 unspecified atom stereocenters. The predicted octanol–water partition coefficient (Wildman–Crippen LogP) is 2.75. The van der Waals surface area contributed by atoms with Crippen LogP contribution in [0, 0.1) is 6.92 Å². The van der Waals surface area contributed by atoms with E-state index in [0.29, 0.717) is 21.4 Å². The topological polar surface area (TPSA) is 93.8 Å². The fourth-order valence-electron chi connectivity index (χ4n) is 2.30. The average Bonchev–Trinajstić information content (AvgIpc) is 2.95. The van der Waals surface area contributed by atoms with Crippen molar-refractivity contribution in [1.29, 1.82) is 0 Å². The molecule has 6 nitrogen and oxygen atoms in total. The number of ether oxygens (including phenoxy) is 1. The van der Waals surface area contributed by atoms with Crippen molar-refractivity contribution in [3.8, 4) is 5.75 Å². The summed E-state index contributed by atoms with van der Waals surface area (Å²) < 4.78 is 5.39. The van der Waals surface area contributed by atoms with Crippen LogP contribution in [-0.4, -0.2) is 23.6 Å². The van der Waals surface area contributed by atoms with Crippen molar-refractivity contribution in [2.24, 2.45) is 10.7 Å². The third-order valence-corrected chi connectivity index (χ3v) is 4.47. The van der Waals surface area contributed by atoms with Gasteiger partial charge in [-0.05, 0) is 42.5 Å². The number of aliphatic imine (C=N–C) groups is 1. The van der Waals surface area contributed by atoms with Gasteiger partial charge in [0.2, 0.25) is 0 Å². The van der Waals surface area contributed by atoms with Crippen LogP contribution < -0.4 is 15.8 Å². The second-order valence-corrected chi connectivity index (χ2v) is 6.59.